The van der Waals surface area contributed by atoms with E-state index in [4.69, 9.17) is 4.74 Å². The van der Waals surface area contributed by atoms with E-state index >= 15 is 0 Å². The average Bonchev–Trinajstić information content (AvgIpc) is 2.53. The number of amides is 1. The predicted molar refractivity (Wildman–Crippen MR) is 84.2 cm³/mol. The molecule has 0 atom stereocenters. The summed E-state index contributed by atoms with van der Waals surface area (Å²) in [5.74, 6) is 0.837. The molecule has 0 bridgehead atoms. The van der Waals surface area contributed by atoms with Gasteiger partial charge in [0.1, 0.15) is 6.61 Å². The molecular weight excluding hydrogens is 264 g/mol. The van der Waals surface area contributed by atoms with Crippen molar-refractivity contribution in [2.45, 2.75) is 19.3 Å². The molecule has 0 saturated carbocycles. The molecule has 116 valence electrons. The third-order valence-electron chi connectivity index (χ3n) is 4.06. The maximum absolute atomic E-state index is 12.1. The zero-order chi connectivity index (χ0) is 14.9. The van der Waals surface area contributed by atoms with Crippen molar-refractivity contribution in [1.29, 1.82) is 0 Å². The first kappa shape index (κ1) is 16.0. The predicted octanol–water partition coefficient (Wildman–Crippen LogP) is 1.70. The Kier molecular flexibility index (Phi) is 6.70. The minimum absolute atomic E-state index is 0.131. The van der Waals surface area contributed by atoms with Crippen molar-refractivity contribution < 1.29 is 9.53 Å². The van der Waals surface area contributed by atoms with Gasteiger partial charge in [-0.1, -0.05) is 30.3 Å². The molecule has 1 aromatic rings. The standard InChI is InChI=1S/C17H26N2O2/c1-18-13-16-7-10-19(11-8-16)17(20)14-21-12-9-15-5-3-2-4-6-15/h2-6,16,18H,7-14H2,1H3. The van der Waals surface area contributed by atoms with E-state index in [0.29, 0.717) is 12.5 Å². The van der Waals surface area contributed by atoms with Crippen LogP contribution in [0.4, 0.5) is 0 Å². The first-order valence-corrected chi connectivity index (χ1v) is 7.83. The van der Waals surface area contributed by atoms with Crippen molar-refractivity contribution in [2.75, 3.05) is 39.9 Å². The average molecular weight is 290 g/mol. The number of hydrogen-bond donors (Lipinski definition) is 1. The van der Waals surface area contributed by atoms with E-state index in [9.17, 15) is 4.79 Å². The number of piperidine rings is 1. The normalized spacial score (nSPS) is 16.1. The molecule has 1 aliphatic heterocycles. The van der Waals surface area contributed by atoms with Crippen LogP contribution in [0.5, 0.6) is 0 Å². The van der Waals surface area contributed by atoms with Crippen molar-refractivity contribution in [1.82, 2.24) is 10.2 Å². The summed E-state index contributed by atoms with van der Waals surface area (Å²) >= 11 is 0. The van der Waals surface area contributed by atoms with Gasteiger partial charge < -0.3 is 15.0 Å². The number of carbonyl (C=O) groups excluding carboxylic acids is 1. The van der Waals surface area contributed by atoms with Crippen molar-refractivity contribution in [2.24, 2.45) is 5.92 Å². The van der Waals surface area contributed by atoms with Crippen LogP contribution in [0.15, 0.2) is 30.3 Å². The fraction of sp³-hybridized carbons (Fsp3) is 0.588. The van der Waals surface area contributed by atoms with Crippen LogP contribution >= 0.6 is 0 Å². The van der Waals surface area contributed by atoms with Crippen LogP contribution in [0.1, 0.15) is 18.4 Å². The molecule has 4 nitrogen and oxygen atoms in total. The Morgan fingerprint density at radius 3 is 2.67 bits per heavy atom. The van der Waals surface area contributed by atoms with Gasteiger partial charge >= 0.3 is 0 Å². The molecule has 0 radical (unpaired) electrons. The second-order valence-corrected chi connectivity index (χ2v) is 5.67. The quantitative estimate of drug-likeness (QED) is 0.777. The highest BCUT2D eigenvalue weighted by atomic mass is 16.5. The summed E-state index contributed by atoms with van der Waals surface area (Å²) in [7, 11) is 1.98. The first-order chi connectivity index (χ1) is 10.3. The summed E-state index contributed by atoms with van der Waals surface area (Å²) in [4.78, 5) is 14.0. The second kappa shape index (κ2) is 8.80. The lowest BCUT2D eigenvalue weighted by atomic mass is 9.97. The van der Waals surface area contributed by atoms with Gasteiger partial charge in [-0.15, -0.1) is 0 Å². The first-order valence-electron chi connectivity index (χ1n) is 7.83. The molecule has 0 aliphatic carbocycles. The highest BCUT2D eigenvalue weighted by molar-refractivity contribution is 5.77. The van der Waals surface area contributed by atoms with Gasteiger partial charge in [-0.3, -0.25) is 4.79 Å². The number of hydrogen-bond acceptors (Lipinski definition) is 3. The molecule has 21 heavy (non-hydrogen) atoms. The summed E-state index contributed by atoms with van der Waals surface area (Å²) in [6.07, 6.45) is 3.05. The molecule has 0 unspecified atom stereocenters. The molecular formula is C17H26N2O2. The van der Waals surface area contributed by atoms with Gasteiger partial charge in [0, 0.05) is 13.1 Å². The topological polar surface area (TPSA) is 41.6 Å². The minimum Gasteiger partial charge on any atom is -0.371 e. The lowest BCUT2D eigenvalue weighted by Gasteiger charge is -2.31. The second-order valence-electron chi connectivity index (χ2n) is 5.67. The highest BCUT2D eigenvalue weighted by Crippen LogP contribution is 2.16. The lowest BCUT2D eigenvalue weighted by Crippen LogP contribution is -2.42. The minimum atomic E-state index is 0.131. The largest absolute Gasteiger partial charge is 0.371 e. The van der Waals surface area contributed by atoms with E-state index in [1.54, 1.807) is 0 Å². The van der Waals surface area contributed by atoms with Gasteiger partial charge in [-0.2, -0.15) is 0 Å². The summed E-state index contributed by atoms with van der Waals surface area (Å²) in [6, 6.07) is 10.2. The molecule has 1 aliphatic rings. The lowest BCUT2D eigenvalue weighted by molar-refractivity contribution is -0.137. The number of rotatable bonds is 7. The van der Waals surface area contributed by atoms with Crippen LogP contribution in [0, 0.1) is 5.92 Å². The fourth-order valence-electron chi connectivity index (χ4n) is 2.76. The van der Waals surface area contributed by atoms with Crippen molar-refractivity contribution in [3.8, 4) is 0 Å². The van der Waals surface area contributed by atoms with Crippen LogP contribution in [0.2, 0.25) is 0 Å². The van der Waals surface area contributed by atoms with Crippen LogP contribution in [-0.2, 0) is 16.0 Å². The molecule has 1 N–H and O–H groups in total. The SMILES string of the molecule is CNCC1CCN(C(=O)COCCc2ccccc2)CC1. The maximum Gasteiger partial charge on any atom is 0.248 e. The Hall–Kier alpha value is -1.39. The Labute approximate surface area is 127 Å². The fourth-order valence-corrected chi connectivity index (χ4v) is 2.76. The van der Waals surface area contributed by atoms with E-state index in [1.165, 1.54) is 5.56 Å². The molecule has 0 aromatic heterocycles. The van der Waals surface area contributed by atoms with Crippen molar-refractivity contribution >= 4 is 5.91 Å². The molecule has 2 rings (SSSR count). The van der Waals surface area contributed by atoms with E-state index in [-0.39, 0.29) is 12.5 Å². The number of likely N-dealkylation sites (tertiary alicyclic amines) is 1. The smallest absolute Gasteiger partial charge is 0.248 e. The van der Waals surface area contributed by atoms with Gasteiger partial charge in [0.25, 0.3) is 0 Å². The van der Waals surface area contributed by atoms with Crippen LogP contribution in [-0.4, -0.2) is 50.7 Å². The summed E-state index contributed by atoms with van der Waals surface area (Å²) in [5.41, 5.74) is 1.25. The summed E-state index contributed by atoms with van der Waals surface area (Å²) < 4.78 is 5.52. The molecule has 1 saturated heterocycles. The monoisotopic (exact) mass is 290 g/mol. The van der Waals surface area contributed by atoms with E-state index in [2.05, 4.69) is 17.4 Å². The highest BCUT2D eigenvalue weighted by Gasteiger charge is 2.22. The van der Waals surface area contributed by atoms with Gasteiger partial charge in [0.05, 0.1) is 6.61 Å². The van der Waals surface area contributed by atoms with Gasteiger partial charge in [0.2, 0.25) is 5.91 Å². The number of benzene rings is 1. The third kappa shape index (κ3) is 5.48. The molecule has 1 amide bonds. The van der Waals surface area contributed by atoms with Gasteiger partial charge in [-0.25, -0.2) is 0 Å². The van der Waals surface area contributed by atoms with Crippen LogP contribution in [0.25, 0.3) is 0 Å². The molecule has 1 fully saturated rings. The zero-order valence-electron chi connectivity index (χ0n) is 12.9. The van der Waals surface area contributed by atoms with Crippen molar-refractivity contribution in [3.05, 3.63) is 35.9 Å². The van der Waals surface area contributed by atoms with Crippen LogP contribution in [0.3, 0.4) is 0 Å². The number of carbonyl (C=O) groups is 1. The molecule has 1 heterocycles. The Balaban J connectivity index is 1.60. The summed E-state index contributed by atoms with van der Waals surface area (Å²) in [6.45, 7) is 3.60. The number of nitrogens with one attached hydrogen (secondary N) is 1. The number of nitrogens with zero attached hydrogens (tertiary/aromatic N) is 1. The van der Waals surface area contributed by atoms with Crippen molar-refractivity contribution in [3.63, 3.8) is 0 Å². The number of ether oxygens (including phenoxy) is 1. The Morgan fingerprint density at radius 2 is 2.00 bits per heavy atom. The molecule has 4 heteroatoms. The Bertz CT molecular complexity index is 414. The maximum atomic E-state index is 12.1. The van der Waals surface area contributed by atoms with Crippen LogP contribution < -0.4 is 5.32 Å². The Morgan fingerprint density at radius 1 is 1.29 bits per heavy atom. The van der Waals surface area contributed by atoms with E-state index in [0.717, 1.165) is 38.9 Å². The molecule has 1 aromatic carbocycles. The third-order valence-corrected chi connectivity index (χ3v) is 4.06. The van der Waals surface area contributed by atoms with Gasteiger partial charge in [-0.05, 0) is 44.3 Å². The van der Waals surface area contributed by atoms with Gasteiger partial charge in [0.15, 0.2) is 0 Å². The zero-order valence-corrected chi connectivity index (χ0v) is 12.9. The van der Waals surface area contributed by atoms with E-state index in [1.807, 2.05) is 30.1 Å². The van der Waals surface area contributed by atoms with E-state index < -0.39 is 0 Å². The molecule has 0 spiro atoms. The summed E-state index contributed by atoms with van der Waals surface area (Å²) in [5, 5.41) is 3.21.